The number of nitrogens with zero attached hydrogens (tertiary/aromatic N) is 1. The van der Waals surface area contributed by atoms with Crippen LogP contribution < -0.4 is 5.32 Å². The van der Waals surface area contributed by atoms with Crippen LogP contribution in [0, 0.1) is 0 Å². The Bertz CT molecular complexity index is 804. The summed E-state index contributed by atoms with van der Waals surface area (Å²) in [5, 5.41) is 3.40. The zero-order chi connectivity index (χ0) is 30.9. The first kappa shape index (κ1) is 39.5. The van der Waals surface area contributed by atoms with Gasteiger partial charge in [-0.25, -0.2) is 19.3 Å². The lowest BCUT2D eigenvalue weighted by molar-refractivity contribution is -0.00544. The highest BCUT2D eigenvalue weighted by molar-refractivity contribution is 9.09. The van der Waals surface area contributed by atoms with Gasteiger partial charge in [0.1, 0.15) is 16.8 Å². The van der Waals surface area contributed by atoms with Crippen molar-refractivity contribution in [2.75, 3.05) is 57.7 Å². The second kappa shape index (κ2) is 18.6. The normalized spacial score (nSPS) is 12.1. The SMILES string of the molecule is CC(C)(C)OC(=O)N(CCOCCOS(C)(=O)=O)C(=O)OC(C)(C)C.CC(C)(C)OC(=O)NCCOCCBr. The van der Waals surface area contributed by atoms with Crippen molar-refractivity contribution in [2.24, 2.45) is 0 Å². The number of imide groups is 1. The Balaban J connectivity index is 0. The number of alkyl halides is 1. The summed E-state index contributed by atoms with van der Waals surface area (Å²) in [5.74, 6) is 0. The van der Waals surface area contributed by atoms with E-state index in [1.165, 1.54) is 0 Å². The molecular weight excluding hydrogens is 604 g/mol. The van der Waals surface area contributed by atoms with Crippen molar-refractivity contribution >= 4 is 44.3 Å². The van der Waals surface area contributed by atoms with E-state index in [0.29, 0.717) is 19.8 Å². The van der Waals surface area contributed by atoms with Crippen LogP contribution in [0.4, 0.5) is 14.4 Å². The Kier molecular flexibility index (Phi) is 18.8. The summed E-state index contributed by atoms with van der Waals surface area (Å²) >= 11 is 3.23. The van der Waals surface area contributed by atoms with Crippen LogP contribution in [0.25, 0.3) is 0 Å². The third-order valence-electron chi connectivity index (χ3n) is 3.35. The zero-order valence-corrected chi connectivity index (χ0v) is 27.3. The second-order valence-corrected chi connectivity index (χ2v) is 13.4. The number of nitrogens with one attached hydrogen (secondary N) is 1. The molecule has 0 saturated carbocycles. The summed E-state index contributed by atoms with van der Waals surface area (Å²) in [4.78, 5) is 36.3. The summed E-state index contributed by atoms with van der Waals surface area (Å²) in [7, 11) is -3.53. The summed E-state index contributed by atoms with van der Waals surface area (Å²) in [6.45, 7) is 16.9. The molecule has 0 aromatic carbocycles. The number of hydrogen-bond acceptors (Lipinski definition) is 11. The van der Waals surface area contributed by atoms with Gasteiger partial charge in [0.15, 0.2) is 0 Å². The van der Waals surface area contributed by atoms with Gasteiger partial charge in [0.2, 0.25) is 0 Å². The predicted molar refractivity (Wildman–Crippen MR) is 150 cm³/mol. The van der Waals surface area contributed by atoms with E-state index in [2.05, 4.69) is 25.4 Å². The fourth-order valence-corrected chi connectivity index (χ4v) is 2.69. The van der Waals surface area contributed by atoms with Crippen LogP contribution in [0.5, 0.6) is 0 Å². The molecule has 0 aliphatic heterocycles. The maximum absolute atomic E-state index is 12.2. The molecule has 0 heterocycles. The first-order valence-electron chi connectivity index (χ1n) is 12.3. The third-order valence-corrected chi connectivity index (χ3v) is 4.27. The molecule has 1 N–H and O–H groups in total. The van der Waals surface area contributed by atoms with E-state index in [-0.39, 0.29) is 26.4 Å². The van der Waals surface area contributed by atoms with Crippen molar-refractivity contribution in [3.63, 3.8) is 0 Å². The van der Waals surface area contributed by atoms with Crippen LogP contribution in [-0.2, 0) is 38.0 Å². The van der Waals surface area contributed by atoms with Crippen molar-refractivity contribution in [1.82, 2.24) is 10.2 Å². The lowest BCUT2D eigenvalue weighted by Gasteiger charge is -2.28. The molecule has 0 fully saturated rings. The lowest BCUT2D eigenvalue weighted by atomic mass is 10.2. The number of amides is 3. The van der Waals surface area contributed by atoms with E-state index >= 15 is 0 Å². The number of carbonyl (C=O) groups is 3. The lowest BCUT2D eigenvalue weighted by Crippen LogP contribution is -2.45. The van der Waals surface area contributed by atoms with E-state index in [9.17, 15) is 22.8 Å². The van der Waals surface area contributed by atoms with Gasteiger partial charge in [-0.3, -0.25) is 4.18 Å². The molecule has 15 heteroatoms. The van der Waals surface area contributed by atoms with E-state index in [1.807, 2.05) is 20.8 Å². The average Bonchev–Trinajstić information content (AvgIpc) is 2.68. The Morgan fingerprint density at radius 1 is 0.718 bits per heavy atom. The van der Waals surface area contributed by atoms with Crippen molar-refractivity contribution in [3.05, 3.63) is 0 Å². The van der Waals surface area contributed by atoms with E-state index in [1.54, 1.807) is 41.5 Å². The van der Waals surface area contributed by atoms with Gasteiger partial charge in [0.05, 0.1) is 45.8 Å². The molecule has 0 aromatic heterocycles. The molecular formula is C24H47BrN2O11S. The summed E-state index contributed by atoms with van der Waals surface area (Å²) < 4.78 is 51.8. The van der Waals surface area contributed by atoms with Gasteiger partial charge in [-0.05, 0) is 62.3 Å². The standard InChI is InChI=1S/C15H29NO8S.C9H18BrNO3/c1-14(2,3)23-12(17)16(13(18)24-15(4,5)6)8-9-21-10-11-22-25(7,19)20;1-9(2,3)14-8(12)11-5-7-13-6-4-10/h8-11H2,1-7H3;4-7H2,1-3H3,(H,11,12). The van der Waals surface area contributed by atoms with Gasteiger partial charge in [-0.15, -0.1) is 0 Å². The van der Waals surface area contributed by atoms with Gasteiger partial charge in [-0.2, -0.15) is 8.42 Å². The number of halogens is 1. The highest BCUT2D eigenvalue weighted by Gasteiger charge is 2.30. The maximum Gasteiger partial charge on any atom is 0.419 e. The van der Waals surface area contributed by atoms with E-state index in [0.717, 1.165) is 16.5 Å². The zero-order valence-electron chi connectivity index (χ0n) is 24.9. The van der Waals surface area contributed by atoms with Gasteiger partial charge < -0.3 is 29.0 Å². The van der Waals surface area contributed by atoms with Gasteiger partial charge in [-0.1, -0.05) is 15.9 Å². The van der Waals surface area contributed by atoms with Gasteiger partial charge >= 0.3 is 18.3 Å². The Labute approximate surface area is 241 Å². The number of carbonyl (C=O) groups excluding carboxylic acids is 3. The molecule has 0 bridgehead atoms. The van der Waals surface area contributed by atoms with Crippen LogP contribution in [-0.4, -0.2) is 106 Å². The average molecular weight is 652 g/mol. The minimum absolute atomic E-state index is 0.0104. The molecule has 0 saturated heterocycles. The van der Waals surface area contributed by atoms with Gasteiger partial charge in [0, 0.05) is 11.9 Å². The Morgan fingerprint density at radius 2 is 1.18 bits per heavy atom. The quantitative estimate of drug-likeness (QED) is 0.140. The monoisotopic (exact) mass is 650 g/mol. The van der Waals surface area contributed by atoms with Crippen molar-refractivity contribution in [3.8, 4) is 0 Å². The van der Waals surface area contributed by atoms with E-state index in [4.69, 9.17) is 23.7 Å². The largest absolute Gasteiger partial charge is 0.444 e. The second-order valence-electron chi connectivity index (χ2n) is 11.0. The minimum atomic E-state index is -3.53. The first-order chi connectivity index (χ1) is 17.6. The number of ether oxygens (including phenoxy) is 5. The van der Waals surface area contributed by atoms with Crippen molar-refractivity contribution < 1.29 is 50.7 Å². The van der Waals surface area contributed by atoms with Crippen molar-refractivity contribution in [1.29, 1.82) is 0 Å². The molecule has 0 radical (unpaired) electrons. The summed E-state index contributed by atoms with van der Waals surface area (Å²) in [6, 6.07) is 0. The fraction of sp³-hybridized carbons (Fsp3) is 0.875. The molecule has 39 heavy (non-hydrogen) atoms. The Hall–Kier alpha value is -1.68. The van der Waals surface area contributed by atoms with Crippen LogP contribution in [0.1, 0.15) is 62.3 Å². The summed E-state index contributed by atoms with van der Waals surface area (Å²) in [5.41, 5.74) is -2.00. The number of alkyl carbamates (subject to hydrolysis) is 1. The van der Waals surface area contributed by atoms with Crippen molar-refractivity contribution in [2.45, 2.75) is 79.1 Å². The highest BCUT2D eigenvalue weighted by Crippen LogP contribution is 2.14. The third kappa shape index (κ3) is 29.1. The first-order valence-corrected chi connectivity index (χ1v) is 15.3. The molecule has 0 aliphatic rings. The van der Waals surface area contributed by atoms with Gasteiger partial charge in [0.25, 0.3) is 10.1 Å². The van der Waals surface area contributed by atoms with Crippen LogP contribution in [0.2, 0.25) is 0 Å². The smallest absolute Gasteiger partial charge is 0.419 e. The molecule has 232 valence electrons. The minimum Gasteiger partial charge on any atom is -0.444 e. The fourth-order valence-electron chi connectivity index (χ4n) is 2.09. The number of hydrogen-bond donors (Lipinski definition) is 1. The van der Waals surface area contributed by atoms with E-state index < -0.39 is 45.2 Å². The van der Waals surface area contributed by atoms with Crippen LogP contribution >= 0.6 is 15.9 Å². The predicted octanol–water partition coefficient (Wildman–Crippen LogP) is 4.07. The maximum atomic E-state index is 12.2. The summed E-state index contributed by atoms with van der Waals surface area (Å²) in [6.07, 6.45) is -1.17. The molecule has 0 unspecified atom stereocenters. The molecule has 0 spiro atoms. The Morgan fingerprint density at radius 3 is 1.59 bits per heavy atom. The molecule has 0 atom stereocenters. The highest BCUT2D eigenvalue weighted by atomic mass is 79.9. The molecule has 13 nitrogen and oxygen atoms in total. The molecule has 0 rings (SSSR count). The number of rotatable bonds is 12. The molecule has 0 aromatic rings. The van der Waals surface area contributed by atoms with Crippen LogP contribution in [0.15, 0.2) is 0 Å². The van der Waals surface area contributed by atoms with Crippen LogP contribution in [0.3, 0.4) is 0 Å². The molecule has 3 amide bonds. The topological polar surface area (TPSA) is 156 Å². The molecule has 0 aliphatic carbocycles.